The number of benzene rings is 2. The summed E-state index contributed by atoms with van der Waals surface area (Å²) in [5, 5.41) is 10.3. The van der Waals surface area contributed by atoms with Gasteiger partial charge < -0.3 is 24.1 Å². The van der Waals surface area contributed by atoms with Gasteiger partial charge in [-0.05, 0) is 48.0 Å². The summed E-state index contributed by atoms with van der Waals surface area (Å²) in [4.78, 5) is 22.6. The highest BCUT2D eigenvalue weighted by molar-refractivity contribution is 6.06. The summed E-state index contributed by atoms with van der Waals surface area (Å²) >= 11 is 0. The molecular formula is C19H17O6-. The van der Waals surface area contributed by atoms with Crippen molar-refractivity contribution in [3.05, 3.63) is 59.7 Å². The number of methoxy groups -OCH3 is 2. The van der Waals surface area contributed by atoms with E-state index in [0.29, 0.717) is 22.8 Å². The number of hydrogen-bond donors (Lipinski definition) is 0. The van der Waals surface area contributed by atoms with E-state index in [9.17, 15) is 14.7 Å². The first-order valence-electron chi connectivity index (χ1n) is 7.40. The normalized spacial score (nSPS) is 10.5. The van der Waals surface area contributed by atoms with Crippen LogP contribution < -0.4 is 19.3 Å². The molecule has 2 aromatic carbocycles. The lowest BCUT2D eigenvalue weighted by molar-refractivity contribution is -0.307. The lowest BCUT2D eigenvalue weighted by atomic mass is 10.1. The number of ether oxygens (including phenoxy) is 3. The summed E-state index contributed by atoms with van der Waals surface area (Å²) in [6, 6.07) is 11.5. The molecule has 6 nitrogen and oxygen atoms in total. The summed E-state index contributed by atoms with van der Waals surface area (Å²) in [6.07, 6.45) is 3.10. The average Bonchev–Trinajstić information content (AvgIpc) is 2.64. The molecule has 0 aliphatic heterocycles. The Kier molecular flexibility index (Phi) is 6.17. The Morgan fingerprint density at radius 3 is 2.08 bits per heavy atom. The maximum Gasteiger partial charge on any atom is 0.185 e. The Morgan fingerprint density at radius 2 is 1.56 bits per heavy atom. The van der Waals surface area contributed by atoms with E-state index in [1.165, 1.54) is 18.2 Å². The molecule has 0 saturated carbocycles. The first-order valence-corrected chi connectivity index (χ1v) is 7.40. The molecular weight excluding hydrogens is 324 g/mol. The minimum Gasteiger partial charge on any atom is -0.546 e. The number of ketones is 1. The first-order chi connectivity index (χ1) is 12.0. The number of carbonyl (C=O) groups is 2. The lowest BCUT2D eigenvalue weighted by Crippen LogP contribution is -2.28. The van der Waals surface area contributed by atoms with Crippen LogP contribution in [0.25, 0.3) is 6.08 Å². The van der Waals surface area contributed by atoms with Crippen molar-refractivity contribution in [1.29, 1.82) is 0 Å². The lowest BCUT2D eigenvalue weighted by Gasteiger charge is -2.07. The van der Waals surface area contributed by atoms with E-state index in [0.717, 1.165) is 5.56 Å². The summed E-state index contributed by atoms with van der Waals surface area (Å²) in [7, 11) is 3.11. The van der Waals surface area contributed by atoms with E-state index in [4.69, 9.17) is 14.2 Å². The standard InChI is InChI=1S/C19H18O6/c1-23-16-9-13(10-17(11-16)24-2)3-8-18(20)14-4-6-15(7-5-14)25-12-19(21)22/h3-11H,12H2,1-2H3,(H,21,22)/p-1/b8-3+. The van der Waals surface area contributed by atoms with Crippen LogP contribution in [0.3, 0.4) is 0 Å². The smallest absolute Gasteiger partial charge is 0.185 e. The molecule has 6 heteroatoms. The van der Waals surface area contributed by atoms with Gasteiger partial charge >= 0.3 is 0 Å². The van der Waals surface area contributed by atoms with Crippen molar-refractivity contribution in [2.45, 2.75) is 0 Å². The number of carbonyl (C=O) groups excluding carboxylic acids is 2. The van der Waals surface area contributed by atoms with Crippen molar-refractivity contribution in [2.24, 2.45) is 0 Å². The van der Waals surface area contributed by atoms with Gasteiger partial charge in [0, 0.05) is 11.6 Å². The Hall–Kier alpha value is -3.28. The molecule has 0 bridgehead atoms. The molecule has 2 aromatic rings. The van der Waals surface area contributed by atoms with Gasteiger partial charge in [0.05, 0.1) is 20.2 Å². The van der Waals surface area contributed by atoms with Crippen molar-refractivity contribution in [2.75, 3.05) is 20.8 Å². The molecule has 0 unspecified atom stereocenters. The van der Waals surface area contributed by atoms with Crippen LogP contribution in [0.1, 0.15) is 15.9 Å². The second-order valence-corrected chi connectivity index (χ2v) is 5.03. The number of allylic oxidation sites excluding steroid dienone is 1. The molecule has 25 heavy (non-hydrogen) atoms. The quantitative estimate of drug-likeness (QED) is 0.537. The molecule has 0 fully saturated rings. The number of carboxylic acids is 1. The van der Waals surface area contributed by atoms with E-state index in [-0.39, 0.29) is 5.78 Å². The van der Waals surface area contributed by atoms with E-state index in [1.54, 1.807) is 50.6 Å². The topological polar surface area (TPSA) is 84.9 Å². The van der Waals surface area contributed by atoms with Gasteiger partial charge in [0.2, 0.25) is 0 Å². The highest BCUT2D eigenvalue weighted by Crippen LogP contribution is 2.23. The highest BCUT2D eigenvalue weighted by Gasteiger charge is 2.04. The van der Waals surface area contributed by atoms with Crippen molar-refractivity contribution >= 4 is 17.8 Å². The molecule has 0 atom stereocenters. The van der Waals surface area contributed by atoms with Crippen LogP contribution in [0.15, 0.2) is 48.5 Å². The first kappa shape index (κ1) is 18.1. The molecule has 0 aliphatic carbocycles. The summed E-state index contributed by atoms with van der Waals surface area (Å²) < 4.78 is 15.3. The Labute approximate surface area is 145 Å². The third-order valence-electron chi connectivity index (χ3n) is 3.30. The largest absolute Gasteiger partial charge is 0.546 e. The van der Waals surface area contributed by atoms with Crippen LogP contribution >= 0.6 is 0 Å². The second-order valence-electron chi connectivity index (χ2n) is 5.03. The maximum absolute atomic E-state index is 12.2. The zero-order valence-corrected chi connectivity index (χ0v) is 13.9. The van der Waals surface area contributed by atoms with E-state index < -0.39 is 12.6 Å². The van der Waals surface area contributed by atoms with Crippen molar-refractivity contribution < 1.29 is 28.9 Å². The fourth-order valence-electron chi connectivity index (χ4n) is 2.05. The summed E-state index contributed by atoms with van der Waals surface area (Å²) in [5.41, 5.74) is 1.21. The number of aliphatic carboxylic acids is 1. The maximum atomic E-state index is 12.2. The zero-order valence-electron chi connectivity index (χ0n) is 13.9. The van der Waals surface area contributed by atoms with Crippen LogP contribution in [-0.2, 0) is 4.79 Å². The van der Waals surface area contributed by atoms with Gasteiger partial charge in [0.1, 0.15) is 23.9 Å². The van der Waals surface area contributed by atoms with Crippen molar-refractivity contribution in [3.63, 3.8) is 0 Å². The Morgan fingerprint density at radius 1 is 0.960 bits per heavy atom. The van der Waals surface area contributed by atoms with Crippen LogP contribution in [0.5, 0.6) is 17.2 Å². The third kappa shape index (κ3) is 5.39. The Balaban J connectivity index is 2.08. The molecule has 2 rings (SSSR count). The fourth-order valence-corrected chi connectivity index (χ4v) is 2.05. The fraction of sp³-hybridized carbons (Fsp3) is 0.158. The van der Waals surface area contributed by atoms with Gasteiger partial charge in [-0.1, -0.05) is 6.08 Å². The van der Waals surface area contributed by atoms with E-state index >= 15 is 0 Å². The molecule has 0 N–H and O–H groups in total. The minimum absolute atomic E-state index is 0.201. The Bertz CT molecular complexity index is 755. The molecule has 0 aromatic heterocycles. The minimum atomic E-state index is -1.31. The predicted molar refractivity (Wildman–Crippen MR) is 89.9 cm³/mol. The molecule has 0 spiro atoms. The van der Waals surface area contributed by atoms with Crippen LogP contribution in [-0.4, -0.2) is 32.6 Å². The average molecular weight is 341 g/mol. The SMILES string of the molecule is COc1cc(/C=C/C(=O)c2ccc(OCC(=O)[O-])cc2)cc(OC)c1. The highest BCUT2D eigenvalue weighted by atomic mass is 16.5. The van der Waals surface area contributed by atoms with Gasteiger partial charge in [-0.15, -0.1) is 0 Å². The number of hydrogen-bond acceptors (Lipinski definition) is 6. The molecule has 130 valence electrons. The molecule has 0 saturated heterocycles. The third-order valence-corrected chi connectivity index (χ3v) is 3.30. The summed E-state index contributed by atoms with van der Waals surface area (Å²) in [6.45, 7) is -0.537. The molecule has 0 amide bonds. The van der Waals surface area contributed by atoms with E-state index in [1.807, 2.05) is 0 Å². The monoisotopic (exact) mass is 341 g/mol. The molecule has 0 heterocycles. The number of carboxylic acid groups (broad SMARTS) is 1. The van der Waals surface area contributed by atoms with Gasteiger partial charge in [0.25, 0.3) is 0 Å². The predicted octanol–water partition coefficient (Wildman–Crippen LogP) is 1.73. The van der Waals surface area contributed by atoms with Crippen LogP contribution in [0.4, 0.5) is 0 Å². The van der Waals surface area contributed by atoms with Gasteiger partial charge in [-0.2, -0.15) is 0 Å². The van der Waals surface area contributed by atoms with Gasteiger partial charge in [-0.25, -0.2) is 0 Å². The van der Waals surface area contributed by atoms with Crippen LogP contribution in [0, 0.1) is 0 Å². The molecule has 0 aliphatic rings. The zero-order chi connectivity index (χ0) is 18.2. The van der Waals surface area contributed by atoms with E-state index in [2.05, 4.69) is 0 Å². The number of rotatable bonds is 8. The van der Waals surface area contributed by atoms with Crippen LogP contribution in [0.2, 0.25) is 0 Å². The molecule has 0 radical (unpaired) electrons. The summed E-state index contributed by atoms with van der Waals surface area (Å²) in [5.74, 6) is 0.0917. The van der Waals surface area contributed by atoms with Crippen molar-refractivity contribution in [1.82, 2.24) is 0 Å². The second kappa shape index (κ2) is 8.54. The van der Waals surface area contributed by atoms with Gasteiger partial charge in [0.15, 0.2) is 5.78 Å². The van der Waals surface area contributed by atoms with Crippen molar-refractivity contribution in [3.8, 4) is 17.2 Å². The van der Waals surface area contributed by atoms with Gasteiger partial charge in [-0.3, -0.25) is 4.79 Å².